The van der Waals surface area contributed by atoms with Gasteiger partial charge in [0.05, 0.1) is 23.8 Å². The van der Waals surface area contributed by atoms with Crippen LogP contribution < -0.4 is 4.74 Å². The van der Waals surface area contributed by atoms with E-state index in [0.29, 0.717) is 35.1 Å². The number of hydrogen-bond donors (Lipinski definition) is 0. The largest absolute Gasteiger partial charge is 0.492 e. The SMILES string of the molecule is CN(CCOc1cccc(Cl)c1)C(=O)c1cnc2ccccc2n1. The van der Waals surface area contributed by atoms with E-state index < -0.39 is 0 Å². The lowest BCUT2D eigenvalue weighted by Gasteiger charge is -2.17. The Balaban J connectivity index is 1.61. The van der Waals surface area contributed by atoms with Gasteiger partial charge in [0.1, 0.15) is 18.1 Å². The lowest BCUT2D eigenvalue weighted by atomic mass is 10.3. The number of hydrogen-bond acceptors (Lipinski definition) is 4. The van der Waals surface area contributed by atoms with Crippen molar-refractivity contribution in [1.82, 2.24) is 14.9 Å². The second kappa shape index (κ2) is 7.27. The van der Waals surface area contributed by atoms with E-state index in [4.69, 9.17) is 16.3 Å². The van der Waals surface area contributed by atoms with Crippen molar-refractivity contribution < 1.29 is 9.53 Å². The summed E-state index contributed by atoms with van der Waals surface area (Å²) in [5.74, 6) is 0.483. The van der Waals surface area contributed by atoms with Crippen LogP contribution in [0.4, 0.5) is 0 Å². The predicted octanol–water partition coefficient (Wildman–Crippen LogP) is 3.43. The predicted molar refractivity (Wildman–Crippen MR) is 93.4 cm³/mol. The number of rotatable bonds is 5. The average molecular weight is 342 g/mol. The molecule has 0 aliphatic heterocycles. The lowest BCUT2D eigenvalue weighted by Crippen LogP contribution is -2.31. The fraction of sp³-hybridized carbons (Fsp3) is 0.167. The standard InChI is InChI=1S/C18H16ClN3O2/c1-22(9-10-24-14-6-4-5-13(19)11-14)18(23)17-12-20-15-7-2-3-8-16(15)21-17/h2-8,11-12H,9-10H2,1H3. The number of benzene rings is 2. The molecule has 6 heteroatoms. The van der Waals surface area contributed by atoms with Crippen molar-refractivity contribution in [3.05, 3.63) is 65.4 Å². The van der Waals surface area contributed by atoms with Crippen LogP contribution in [0.25, 0.3) is 11.0 Å². The summed E-state index contributed by atoms with van der Waals surface area (Å²) in [6.45, 7) is 0.795. The van der Waals surface area contributed by atoms with Crippen molar-refractivity contribution in [1.29, 1.82) is 0 Å². The minimum atomic E-state index is -0.192. The van der Waals surface area contributed by atoms with Gasteiger partial charge in [-0.2, -0.15) is 0 Å². The van der Waals surface area contributed by atoms with Crippen LogP contribution >= 0.6 is 11.6 Å². The topological polar surface area (TPSA) is 55.3 Å². The van der Waals surface area contributed by atoms with E-state index in [1.54, 1.807) is 24.1 Å². The van der Waals surface area contributed by atoms with Crippen LogP contribution in [-0.2, 0) is 0 Å². The molecule has 122 valence electrons. The zero-order chi connectivity index (χ0) is 16.9. The number of aromatic nitrogens is 2. The Hall–Kier alpha value is -2.66. The summed E-state index contributed by atoms with van der Waals surface area (Å²) in [5, 5.41) is 0.614. The summed E-state index contributed by atoms with van der Waals surface area (Å²) in [5.41, 5.74) is 1.78. The third kappa shape index (κ3) is 3.81. The first-order valence-electron chi connectivity index (χ1n) is 7.49. The van der Waals surface area contributed by atoms with Crippen LogP contribution in [0.5, 0.6) is 5.75 Å². The van der Waals surface area contributed by atoms with Gasteiger partial charge in [-0.3, -0.25) is 9.78 Å². The molecular formula is C18H16ClN3O2. The highest BCUT2D eigenvalue weighted by Gasteiger charge is 2.14. The molecule has 0 atom stereocenters. The van der Waals surface area contributed by atoms with E-state index in [1.165, 1.54) is 6.20 Å². The molecule has 1 heterocycles. The van der Waals surface area contributed by atoms with Crippen molar-refractivity contribution in [2.45, 2.75) is 0 Å². The Labute approximate surface area is 144 Å². The van der Waals surface area contributed by atoms with Gasteiger partial charge < -0.3 is 9.64 Å². The molecule has 0 bridgehead atoms. The first kappa shape index (κ1) is 16.2. The highest BCUT2D eigenvalue weighted by atomic mass is 35.5. The van der Waals surface area contributed by atoms with E-state index >= 15 is 0 Å². The number of carbonyl (C=O) groups is 1. The number of likely N-dealkylation sites (N-methyl/N-ethyl adjacent to an activating group) is 1. The third-order valence-corrected chi connectivity index (χ3v) is 3.74. The van der Waals surface area contributed by atoms with Gasteiger partial charge in [0.25, 0.3) is 5.91 Å². The summed E-state index contributed by atoms with van der Waals surface area (Å²) < 4.78 is 5.60. The monoisotopic (exact) mass is 341 g/mol. The fourth-order valence-corrected chi connectivity index (χ4v) is 2.39. The van der Waals surface area contributed by atoms with Crippen molar-refractivity contribution >= 4 is 28.5 Å². The zero-order valence-electron chi connectivity index (χ0n) is 13.1. The number of fused-ring (bicyclic) bond motifs is 1. The van der Waals surface area contributed by atoms with Gasteiger partial charge in [0, 0.05) is 12.1 Å². The molecule has 3 rings (SSSR count). The number of amides is 1. The first-order valence-corrected chi connectivity index (χ1v) is 7.87. The molecule has 5 nitrogen and oxygen atoms in total. The highest BCUT2D eigenvalue weighted by Crippen LogP contribution is 2.17. The molecule has 1 aromatic heterocycles. The van der Waals surface area contributed by atoms with Crippen molar-refractivity contribution in [2.24, 2.45) is 0 Å². The molecule has 0 saturated carbocycles. The normalized spacial score (nSPS) is 10.6. The maximum Gasteiger partial charge on any atom is 0.273 e. The minimum absolute atomic E-state index is 0.192. The van der Waals surface area contributed by atoms with Crippen LogP contribution in [0.2, 0.25) is 5.02 Å². The Morgan fingerprint density at radius 1 is 1.17 bits per heavy atom. The van der Waals surface area contributed by atoms with Crippen molar-refractivity contribution in [2.75, 3.05) is 20.2 Å². The molecule has 0 N–H and O–H groups in total. The molecule has 2 aromatic carbocycles. The molecule has 0 fully saturated rings. The first-order chi connectivity index (χ1) is 11.6. The number of carbonyl (C=O) groups excluding carboxylic acids is 1. The summed E-state index contributed by atoms with van der Waals surface area (Å²) in [7, 11) is 1.71. The molecule has 0 unspecified atom stereocenters. The van der Waals surface area contributed by atoms with E-state index in [1.807, 2.05) is 36.4 Å². The minimum Gasteiger partial charge on any atom is -0.492 e. The number of para-hydroxylation sites is 2. The smallest absolute Gasteiger partial charge is 0.273 e. The maximum atomic E-state index is 12.4. The van der Waals surface area contributed by atoms with Gasteiger partial charge in [-0.05, 0) is 30.3 Å². The van der Waals surface area contributed by atoms with Gasteiger partial charge in [0.2, 0.25) is 0 Å². The number of halogens is 1. The summed E-state index contributed by atoms with van der Waals surface area (Å²) in [6, 6.07) is 14.6. The molecule has 24 heavy (non-hydrogen) atoms. The maximum absolute atomic E-state index is 12.4. The Morgan fingerprint density at radius 3 is 2.75 bits per heavy atom. The van der Waals surface area contributed by atoms with E-state index in [-0.39, 0.29) is 5.91 Å². The fourth-order valence-electron chi connectivity index (χ4n) is 2.21. The summed E-state index contributed by atoms with van der Waals surface area (Å²) >= 11 is 5.90. The second-order valence-electron chi connectivity index (χ2n) is 5.28. The van der Waals surface area contributed by atoms with Gasteiger partial charge in [-0.25, -0.2) is 4.98 Å². The summed E-state index contributed by atoms with van der Waals surface area (Å²) in [4.78, 5) is 22.6. The highest BCUT2D eigenvalue weighted by molar-refractivity contribution is 6.30. The Kier molecular flexibility index (Phi) is 4.91. The second-order valence-corrected chi connectivity index (χ2v) is 5.71. The van der Waals surface area contributed by atoms with E-state index in [0.717, 1.165) is 5.52 Å². The van der Waals surface area contributed by atoms with Gasteiger partial charge in [-0.1, -0.05) is 29.8 Å². The zero-order valence-corrected chi connectivity index (χ0v) is 13.9. The molecular weight excluding hydrogens is 326 g/mol. The van der Waals surface area contributed by atoms with Gasteiger partial charge >= 0.3 is 0 Å². The van der Waals surface area contributed by atoms with Crippen LogP contribution in [0.1, 0.15) is 10.5 Å². The van der Waals surface area contributed by atoms with Crippen LogP contribution in [0, 0.1) is 0 Å². The van der Waals surface area contributed by atoms with E-state index in [9.17, 15) is 4.79 Å². The molecule has 3 aromatic rings. The van der Waals surface area contributed by atoms with Gasteiger partial charge in [-0.15, -0.1) is 0 Å². The quantitative estimate of drug-likeness (QED) is 0.713. The molecule has 0 aliphatic rings. The lowest BCUT2D eigenvalue weighted by molar-refractivity contribution is 0.0768. The average Bonchev–Trinajstić information content (AvgIpc) is 2.60. The molecule has 0 spiro atoms. The molecule has 0 saturated heterocycles. The molecule has 0 aliphatic carbocycles. The van der Waals surface area contributed by atoms with Crippen LogP contribution in [0.15, 0.2) is 54.7 Å². The molecule has 0 radical (unpaired) electrons. The number of nitrogens with zero attached hydrogens (tertiary/aromatic N) is 3. The number of ether oxygens (including phenoxy) is 1. The van der Waals surface area contributed by atoms with Crippen molar-refractivity contribution in [3.8, 4) is 5.75 Å². The Bertz CT molecular complexity index is 870. The third-order valence-electron chi connectivity index (χ3n) is 3.51. The van der Waals surface area contributed by atoms with Crippen LogP contribution in [-0.4, -0.2) is 41.0 Å². The molecule has 1 amide bonds. The van der Waals surface area contributed by atoms with Crippen molar-refractivity contribution in [3.63, 3.8) is 0 Å². The Morgan fingerprint density at radius 2 is 1.96 bits per heavy atom. The van der Waals surface area contributed by atoms with Crippen LogP contribution in [0.3, 0.4) is 0 Å². The van der Waals surface area contributed by atoms with E-state index in [2.05, 4.69) is 9.97 Å². The van der Waals surface area contributed by atoms with Gasteiger partial charge in [0.15, 0.2) is 0 Å². The summed E-state index contributed by atoms with van der Waals surface area (Å²) in [6.07, 6.45) is 1.50.